The molecule has 2 aromatic carbocycles. The molecule has 2 fully saturated rings. The van der Waals surface area contributed by atoms with E-state index in [-0.39, 0.29) is 73.6 Å². The minimum absolute atomic E-state index is 0.0441. The molecule has 0 spiro atoms. The standard InChI is InChI=1S/C48H55N11O8/c1-28(2)59-39-24-32(23-34(36(39)27-53-59)44(62)52-26-35-29(3)22-30(4)54-45(35)63)31-8-10-40(51-25-31)57-18-16-56(17-19-57)15-13-50-41(60)12-20-67-21-14-49-37-7-5-6-33-43(37)48(66)58(47(33)65)38-9-11-42(61)55-46(38)64/h5-8,10,22-25,27-28,38,49H,9,11-21,26H2,1-4H3,(H,50,60)(H,52,62)(H,54,63)(H,55,61,64). The van der Waals surface area contributed by atoms with Crippen molar-refractivity contribution in [3.8, 4) is 11.1 Å². The van der Waals surface area contributed by atoms with Crippen molar-refractivity contribution in [2.24, 2.45) is 0 Å². The Bertz CT molecular complexity index is 2790. The molecule has 0 aliphatic carbocycles. The molecule has 1 unspecified atom stereocenters. The third-order valence-electron chi connectivity index (χ3n) is 12.4. The third kappa shape index (κ3) is 10.1. The van der Waals surface area contributed by atoms with Crippen molar-refractivity contribution in [2.75, 3.05) is 69.2 Å². The number of anilines is 2. The summed E-state index contributed by atoms with van der Waals surface area (Å²) >= 11 is 0. The van der Waals surface area contributed by atoms with Crippen LogP contribution >= 0.6 is 0 Å². The van der Waals surface area contributed by atoms with Crippen molar-refractivity contribution in [1.29, 1.82) is 0 Å². The Balaban J connectivity index is 0.762. The number of amides is 6. The van der Waals surface area contributed by atoms with E-state index in [1.807, 2.05) is 68.9 Å². The summed E-state index contributed by atoms with van der Waals surface area (Å²) < 4.78 is 7.56. The van der Waals surface area contributed by atoms with Crippen molar-refractivity contribution in [2.45, 2.75) is 65.6 Å². The largest absolute Gasteiger partial charge is 0.382 e. The molecule has 0 saturated carbocycles. The lowest BCUT2D eigenvalue weighted by Crippen LogP contribution is -2.54. The lowest BCUT2D eigenvalue weighted by molar-refractivity contribution is -0.136. The number of benzene rings is 2. The minimum atomic E-state index is -1.04. The molecule has 6 amide bonds. The van der Waals surface area contributed by atoms with Crippen molar-refractivity contribution >= 4 is 57.9 Å². The number of H-pyrrole nitrogens is 1. The Labute approximate surface area is 386 Å². The van der Waals surface area contributed by atoms with E-state index in [4.69, 9.17) is 9.72 Å². The number of hydrogen-bond acceptors (Lipinski definition) is 13. The summed E-state index contributed by atoms with van der Waals surface area (Å²) in [6.07, 6.45) is 3.85. The van der Waals surface area contributed by atoms with E-state index in [1.165, 1.54) is 6.07 Å². The monoisotopic (exact) mass is 913 g/mol. The van der Waals surface area contributed by atoms with Crippen LogP contribution in [0, 0.1) is 13.8 Å². The zero-order valence-corrected chi connectivity index (χ0v) is 38.1. The summed E-state index contributed by atoms with van der Waals surface area (Å²) in [5.74, 6) is -1.83. The number of aromatic amines is 1. The van der Waals surface area contributed by atoms with E-state index in [1.54, 1.807) is 18.3 Å². The molecule has 1 atom stereocenters. The van der Waals surface area contributed by atoms with E-state index >= 15 is 0 Å². The molecule has 8 rings (SSSR count). The maximum Gasteiger partial charge on any atom is 0.264 e. The number of ether oxygens (including phenoxy) is 1. The Morgan fingerprint density at radius 3 is 2.43 bits per heavy atom. The molecule has 0 bridgehead atoms. The maximum atomic E-state index is 13.7. The van der Waals surface area contributed by atoms with Gasteiger partial charge in [-0.1, -0.05) is 6.07 Å². The van der Waals surface area contributed by atoms with E-state index in [0.29, 0.717) is 36.4 Å². The first kappa shape index (κ1) is 46.3. The van der Waals surface area contributed by atoms with Crippen LogP contribution in [0.1, 0.15) is 87.0 Å². The van der Waals surface area contributed by atoms with Crippen LogP contribution in [-0.4, -0.2) is 130 Å². The second kappa shape index (κ2) is 20.1. The molecule has 5 N–H and O–H groups in total. The molecule has 350 valence electrons. The quantitative estimate of drug-likeness (QED) is 0.0668. The Hall–Kier alpha value is -7.25. The predicted molar refractivity (Wildman–Crippen MR) is 250 cm³/mol. The smallest absolute Gasteiger partial charge is 0.264 e. The van der Waals surface area contributed by atoms with E-state index in [0.717, 1.165) is 70.2 Å². The highest BCUT2D eigenvalue weighted by atomic mass is 16.5. The number of imide groups is 2. The van der Waals surface area contributed by atoms with Gasteiger partial charge in [-0.2, -0.15) is 5.10 Å². The molecular weight excluding hydrogens is 859 g/mol. The SMILES string of the molecule is Cc1cc(C)c(CNC(=O)c2cc(-c3ccc(N4CCN(CCNC(=O)CCOCCNc5cccc6c5C(=O)N(C5CCC(=O)NC5=O)C6=O)CC4)nc3)cc3c2cnn3C(C)C)c(=O)[nH]1. The summed E-state index contributed by atoms with van der Waals surface area (Å²) in [6, 6.07) is 13.7. The fraction of sp³-hybridized carbons (Fsp3) is 0.396. The highest BCUT2D eigenvalue weighted by molar-refractivity contribution is 6.25. The van der Waals surface area contributed by atoms with E-state index in [2.05, 4.69) is 41.1 Å². The van der Waals surface area contributed by atoms with Crippen LogP contribution in [0.15, 0.2) is 65.7 Å². The summed E-state index contributed by atoms with van der Waals surface area (Å²) in [5.41, 5.74) is 5.64. The fourth-order valence-corrected chi connectivity index (χ4v) is 8.85. The van der Waals surface area contributed by atoms with E-state index in [9.17, 15) is 33.6 Å². The minimum Gasteiger partial charge on any atom is -0.382 e. The molecule has 19 nitrogen and oxygen atoms in total. The Morgan fingerprint density at radius 1 is 0.896 bits per heavy atom. The van der Waals surface area contributed by atoms with Crippen LogP contribution in [0.5, 0.6) is 0 Å². The third-order valence-corrected chi connectivity index (χ3v) is 12.4. The van der Waals surface area contributed by atoms with Crippen LogP contribution in [0.25, 0.3) is 22.0 Å². The number of piperazine rings is 1. The van der Waals surface area contributed by atoms with Gasteiger partial charge < -0.3 is 30.6 Å². The lowest BCUT2D eigenvalue weighted by Gasteiger charge is -2.35. The van der Waals surface area contributed by atoms with Crippen LogP contribution in [0.4, 0.5) is 11.5 Å². The van der Waals surface area contributed by atoms with Gasteiger partial charge in [-0.15, -0.1) is 0 Å². The van der Waals surface area contributed by atoms with Crippen molar-refractivity contribution < 1.29 is 33.5 Å². The summed E-state index contributed by atoms with van der Waals surface area (Å²) in [5, 5.41) is 16.6. The first-order valence-electron chi connectivity index (χ1n) is 22.6. The first-order chi connectivity index (χ1) is 32.3. The van der Waals surface area contributed by atoms with Crippen LogP contribution in [0.2, 0.25) is 0 Å². The predicted octanol–water partition coefficient (Wildman–Crippen LogP) is 3.07. The van der Waals surface area contributed by atoms with Crippen LogP contribution in [0.3, 0.4) is 0 Å². The van der Waals surface area contributed by atoms with Crippen molar-refractivity contribution in [1.82, 2.24) is 45.5 Å². The molecule has 6 heterocycles. The van der Waals surface area contributed by atoms with E-state index < -0.39 is 29.7 Å². The number of piperidine rings is 1. The highest BCUT2D eigenvalue weighted by Crippen LogP contribution is 2.33. The Morgan fingerprint density at radius 2 is 1.70 bits per heavy atom. The number of fused-ring (bicyclic) bond motifs is 2. The van der Waals surface area contributed by atoms with Crippen LogP contribution < -0.4 is 31.7 Å². The topological polar surface area (TPSA) is 233 Å². The van der Waals surface area contributed by atoms with Gasteiger partial charge >= 0.3 is 0 Å². The molecule has 67 heavy (non-hydrogen) atoms. The normalized spacial score (nSPS) is 16.5. The van der Waals surface area contributed by atoms with Crippen molar-refractivity contribution in [3.05, 3.63) is 105 Å². The number of carbonyl (C=O) groups excluding carboxylic acids is 6. The summed E-state index contributed by atoms with van der Waals surface area (Å²) in [6.45, 7) is 13.0. The molecule has 0 radical (unpaired) electrons. The van der Waals surface area contributed by atoms with Gasteiger partial charge in [-0.05, 0) is 87.7 Å². The number of rotatable bonds is 17. The van der Waals surface area contributed by atoms with Gasteiger partial charge in [-0.25, -0.2) is 4.98 Å². The van der Waals surface area contributed by atoms with Gasteiger partial charge in [0.15, 0.2) is 0 Å². The zero-order valence-electron chi connectivity index (χ0n) is 38.1. The van der Waals surface area contributed by atoms with Crippen molar-refractivity contribution in [3.63, 3.8) is 0 Å². The molecular formula is C48H55N11O8. The number of nitrogens with zero attached hydrogens (tertiary/aromatic N) is 6. The molecule has 19 heteroatoms. The second-order valence-corrected chi connectivity index (χ2v) is 17.3. The number of aromatic nitrogens is 4. The molecule has 3 aliphatic rings. The number of nitrogens with one attached hydrogen (secondary N) is 5. The summed E-state index contributed by atoms with van der Waals surface area (Å²) in [7, 11) is 0. The van der Waals surface area contributed by atoms with Gasteiger partial charge in [-0.3, -0.25) is 53.4 Å². The molecule has 5 aromatic rings. The number of aryl methyl sites for hydroxylation is 2. The van der Waals surface area contributed by atoms with Crippen LogP contribution in [-0.2, 0) is 25.7 Å². The zero-order chi connectivity index (χ0) is 47.4. The highest BCUT2D eigenvalue weighted by Gasteiger charge is 2.45. The molecule has 2 saturated heterocycles. The lowest BCUT2D eigenvalue weighted by atomic mass is 10.0. The van der Waals surface area contributed by atoms with Gasteiger partial charge in [0.2, 0.25) is 17.7 Å². The van der Waals surface area contributed by atoms with Gasteiger partial charge in [0.05, 0.1) is 41.6 Å². The van der Waals surface area contributed by atoms with Gasteiger partial charge in [0, 0.05) is 105 Å². The maximum absolute atomic E-state index is 13.7. The van der Waals surface area contributed by atoms with Gasteiger partial charge in [0.1, 0.15) is 11.9 Å². The average molecular weight is 914 g/mol. The Kier molecular flexibility index (Phi) is 13.9. The number of carbonyl (C=O) groups is 6. The molecule has 3 aliphatic heterocycles. The number of pyridine rings is 2. The second-order valence-electron chi connectivity index (χ2n) is 17.3. The van der Waals surface area contributed by atoms with Gasteiger partial charge in [0.25, 0.3) is 23.3 Å². The number of hydrogen-bond donors (Lipinski definition) is 5. The summed E-state index contributed by atoms with van der Waals surface area (Å²) in [4.78, 5) is 102. The fourth-order valence-electron chi connectivity index (χ4n) is 8.85. The molecule has 3 aromatic heterocycles. The first-order valence-corrected chi connectivity index (χ1v) is 22.6. The average Bonchev–Trinajstić information content (AvgIpc) is 3.85.